The SMILES string of the molecule is CC(C)(C)OC(=O)N1CC[C@@H](NC(=O)c2ccc3c(-c4ccccc4Cl)nn(-c4ccc(F)cc4)c3c2)C1. The van der Waals surface area contributed by atoms with Gasteiger partial charge in [0.2, 0.25) is 0 Å². The number of carbonyl (C=O) groups excluding carboxylic acids is 2. The molecule has 1 aromatic heterocycles. The number of halogens is 2. The van der Waals surface area contributed by atoms with Gasteiger partial charge >= 0.3 is 6.09 Å². The van der Waals surface area contributed by atoms with Crippen LogP contribution < -0.4 is 5.32 Å². The molecule has 1 aliphatic rings. The van der Waals surface area contributed by atoms with Crippen molar-refractivity contribution in [3.63, 3.8) is 0 Å². The van der Waals surface area contributed by atoms with Gasteiger partial charge in [-0.3, -0.25) is 4.79 Å². The lowest BCUT2D eigenvalue weighted by molar-refractivity contribution is 0.0290. The van der Waals surface area contributed by atoms with Gasteiger partial charge in [0.05, 0.1) is 16.2 Å². The van der Waals surface area contributed by atoms with Crippen molar-refractivity contribution in [2.24, 2.45) is 0 Å². The first-order valence-corrected chi connectivity index (χ1v) is 12.8. The first-order valence-electron chi connectivity index (χ1n) is 12.4. The van der Waals surface area contributed by atoms with Crippen LogP contribution in [0.15, 0.2) is 66.7 Å². The third-order valence-electron chi connectivity index (χ3n) is 6.32. The number of hydrogen-bond acceptors (Lipinski definition) is 4. The van der Waals surface area contributed by atoms with E-state index in [1.165, 1.54) is 12.1 Å². The van der Waals surface area contributed by atoms with Crippen molar-refractivity contribution >= 4 is 34.5 Å². The Morgan fingerprint density at radius 1 is 1.08 bits per heavy atom. The number of fused-ring (bicyclic) bond motifs is 1. The van der Waals surface area contributed by atoms with Crippen LogP contribution in [0.3, 0.4) is 0 Å². The zero-order valence-corrected chi connectivity index (χ0v) is 22.1. The summed E-state index contributed by atoms with van der Waals surface area (Å²) in [6.07, 6.45) is 0.253. The van der Waals surface area contributed by atoms with E-state index < -0.39 is 5.60 Å². The Bertz CT molecular complexity index is 1510. The van der Waals surface area contributed by atoms with Gasteiger partial charge in [0.25, 0.3) is 5.91 Å². The van der Waals surface area contributed by atoms with Crippen LogP contribution in [0.2, 0.25) is 5.02 Å². The van der Waals surface area contributed by atoms with Gasteiger partial charge in [-0.05, 0) is 75.7 Å². The molecule has 0 aliphatic carbocycles. The largest absolute Gasteiger partial charge is 0.444 e. The van der Waals surface area contributed by atoms with Crippen LogP contribution in [0, 0.1) is 5.82 Å². The zero-order valence-electron chi connectivity index (χ0n) is 21.4. The van der Waals surface area contributed by atoms with Crippen LogP contribution in [0.1, 0.15) is 37.6 Å². The smallest absolute Gasteiger partial charge is 0.410 e. The Kier molecular flexibility index (Phi) is 6.84. The predicted octanol–water partition coefficient (Wildman–Crippen LogP) is 6.22. The molecule has 0 unspecified atom stereocenters. The van der Waals surface area contributed by atoms with Gasteiger partial charge in [-0.25, -0.2) is 13.9 Å². The number of ether oxygens (including phenoxy) is 1. The molecule has 0 bridgehead atoms. The van der Waals surface area contributed by atoms with Crippen LogP contribution in [0.25, 0.3) is 27.8 Å². The molecule has 1 aliphatic heterocycles. The number of amides is 2. The number of nitrogens with zero attached hydrogens (tertiary/aromatic N) is 3. The third-order valence-corrected chi connectivity index (χ3v) is 6.65. The van der Waals surface area contributed by atoms with Gasteiger partial charge in [-0.15, -0.1) is 0 Å². The third kappa shape index (κ3) is 5.36. The average Bonchev–Trinajstić information content (AvgIpc) is 3.49. The Morgan fingerprint density at radius 3 is 2.53 bits per heavy atom. The fourth-order valence-corrected chi connectivity index (χ4v) is 4.75. The number of rotatable bonds is 4. The highest BCUT2D eigenvalue weighted by Gasteiger charge is 2.31. The van der Waals surface area contributed by atoms with Crippen molar-refractivity contribution in [2.45, 2.75) is 38.8 Å². The fraction of sp³-hybridized carbons (Fsp3) is 0.276. The van der Waals surface area contributed by atoms with E-state index in [4.69, 9.17) is 21.4 Å². The van der Waals surface area contributed by atoms with Gasteiger partial charge in [0, 0.05) is 35.6 Å². The lowest BCUT2D eigenvalue weighted by Gasteiger charge is -2.24. The Labute approximate surface area is 225 Å². The fourth-order valence-electron chi connectivity index (χ4n) is 4.53. The summed E-state index contributed by atoms with van der Waals surface area (Å²) in [6.45, 7) is 6.36. The van der Waals surface area contributed by atoms with Crippen LogP contribution in [0.4, 0.5) is 9.18 Å². The maximum Gasteiger partial charge on any atom is 0.410 e. The molecule has 2 heterocycles. The second-order valence-electron chi connectivity index (χ2n) is 10.3. The van der Waals surface area contributed by atoms with E-state index in [2.05, 4.69) is 5.32 Å². The summed E-state index contributed by atoms with van der Waals surface area (Å²) in [7, 11) is 0. The van der Waals surface area contributed by atoms with Crippen LogP contribution >= 0.6 is 11.6 Å². The minimum Gasteiger partial charge on any atom is -0.444 e. The number of aromatic nitrogens is 2. The van der Waals surface area contributed by atoms with E-state index in [0.29, 0.717) is 47.0 Å². The minimum absolute atomic E-state index is 0.189. The summed E-state index contributed by atoms with van der Waals surface area (Å²) >= 11 is 6.48. The van der Waals surface area contributed by atoms with Crippen molar-refractivity contribution in [3.05, 3.63) is 83.1 Å². The van der Waals surface area contributed by atoms with E-state index >= 15 is 0 Å². The normalized spacial score (nSPS) is 15.6. The molecule has 196 valence electrons. The quantitative estimate of drug-likeness (QED) is 0.337. The van der Waals surface area contributed by atoms with Crippen LogP contribution in [0.5, 0.6) is 0 Å². The molecule has 3 aromatic carbocycles. The maximum atomic E-state index is 13.6. The van der Waals surface area contributed by atoms with E-state index in [9.17, 15) is 14.0 Å². The standard InChI is InChI=1S/C29H28ClFN4O3/c1-29(2,3)38-28(37)34-15-14-20(17-34)32-27(36)18-8-13-23-25(16-18)35(21-11-9-19(31)10-12-21)33-26(23)22-6-4-5-7-24(22)30/h4-13,16,20H,14-15,17H2,1-3H3,(H,32,36)/t20-/m1/s1. The van der Waals surface area contributed by atoms with Crippen molar-refractivity contribution in [3.8, 4) is 16.9 Å². The van der Waals surface area contributed by atoms with Crippen molar-refractivity contribution < 1.29 is 18.7 Å². The first-order chi connectivity index (χ1) is 18.1. The second-order valence-corrected chi connectivity index (χ2v) is 10.7. The summed E-state index contributed by atoms with van der Waals surface area (Å²) in [4.78, 5) is 27.2. The van der Waals surface area contributed by atoms with Gasteiger partial charge < -0.3 is 15.0 Å². The lowest BCUT2D eigenvalue weighted by Crippen LogP contribution is -2.40. The summed E-state index contributed by atoms with van der Waals surface area (Å²) in [5.74, 6) is -0.609. The molecule has 1 atom stereocenters. The van der Waals surface area contributed by atoms with Crippen LogP contribution in [-0.4, -0.2) is 51.4 Å². The molecule has 4 aromatic rings. The molecular weight excluding hydrogens is 507 g/mol. The molecule has 0 saturated carbocycles. The molecule has 2 amide bonds. The first kappa shape index (κ1) is 25.7. The Hall–Kier alpha value is -3.91. The van der Waals surface area contributed by atoms with Crippen molar-refractivity contribution in [1.29, 1.82) is 0 Å². The highest BCUT2D eigenvalue weighted by molar-refractivity contribution is 6.33. The number of benzene rings is 3. The molecule has 7 nitrogen and oxygen atoms in total. The molecule has 1 saturated heterocycles. The molecule has 1 N–H and O–H groups in total. The number of nitrogens with one attached hydrogen (secondary N) is 1. The van der Waals surface area contributed by atoms with Crippen molar-refractivity contribution in [2.75, 3.05) is 13.1 Å². The van der Waals surface area contributed by atoms with Gasteiger partial charge in [0.1, 0.15) is 17.1 Å². The van der Waals surface area contributed by atoms with Gasteiger partial charge in [-0.2, -0.15) is 5.10 Å². The maximum absolute atomic E-state index is 13.6. The summed E-state index contributed by atoms with van der Waals surface area (Å²) in [6, 6.07) is 18.6. The monoisotopic (exact) mass is 534 g/mol. The second kappa shape index (κ2) is 10.1. The molecule has 9 heteroatoms. The van der Waals surface area contributed by atoms with E-state index in [0.717, 1.165) is 10.9 Å². The summed E-state index contributed by atoms with van der Waals surface area (Å²) < 4.78 is 20.8. The molecule has 1 fully saturated rings. The Morgan fingerprint density at radius 2 is 1.82 bits per heavy atom. The van der Waals surface area contributed by atoms with Crippen LogP contribution in [-0.2, 0) is 4.74 Å². The highest BCUT2D eigenvalue weighted by Crippen LogP contribution is 2.34. The van der Waals surface area contributed by atoms with E-state index in [1.807, 2.05) is 45.0 Å². The summed E-state index contributed by atoms with van der Waals surface area (Å²) in [5, 5.41) is 9.19. The van der Waals surface area contributed by atoms with Crippen molar-refractivity contribution in [1.82, 2.24) is 20.0 Å². The Balaban J connectivity index is 1.44. The molecule has 0 radical (unpaired) electrons. The van der Waals surface area contributed by atoms with E-state index in [1.54, 1.807) is 39.9 Å². The highest BCUT2D eigenvalue weighted by atomic mass is 35.5. The minimum atomic E-state index is -0.579. The average molecular weight is 535 g/mol. The summed E-state index contributed by atoms with van der Waals surface area (Å²) in [5.41, 5.74) is 2.61. The van der Waals surface area contributed by atoms with Gasteiger partial charge in [-0.1, -0.05) is 29.8 Å². The molecule has 38 heavy (non-hydrogen) atoms. The predicted molar refractivity (Wildman–Crippen MR) is 145 cm³/mol. The number of hydrogen-bond donors (Lipinski definition) is 1. The molecule has 0 spiro atoms. The number of carbonyl (C=O) groups is 2. The molecular formula is C29H28ClFN4O3. The zero-order chi connectivity index (χ0) is 27.0. The van der Waals surface area contributed by atoms with E-state index in [-0.39, 0.29) is 23.9 Å². The van der Waals surface area contributed by atoms with Gasteiger partial charge in [0.15, 0.2) is 0 Å². The number of likely N-dealkylation sites (tertiary alicyclic amines) is 1. The lowest BCUT2D eigenvalue weighted by atomic mass is 10.1. The topological polar surface area (TPSA) is 76.5 Å². The molecule has 5 rings (SSSR count).